The van der Waals surface area contributed by atoms with Crippen molar-refractivity contribution in [1.82, 2.24) is 15.6 Å². The molecule has 5 nitrogen and oxygen atoms in total. The van der Waals surface area contributed by atoms with Crippen LogP contribution in [0.5, 0.6) is 0 Å². The van der Waals surface area contributed by atoms with E-state index in [1.54, 1.807) is 13.0 Å². The highest BCUT2D eigenvalue weighted by atomic mass is 19.4. The van der Waals surface area contributed by atoms with E-state index in [-0.39, 0.29) is 18.7 Å². The minimum atomic E-state index is -4.63. The molecule has 0 spiro atoms. The van der Waals surface area contributed by atoms with Gasteiger partial charge in [0.1, 0.15) is 0 Å². The second-order valence-corrected chi connectivity index (χ2v) is 5.20. The van der Waals surface area contributed by atoms with Crippen LogP contribution in [0.3, 0.4) is 0 Å². The Labute approximate surface area is 118 Å². The van der Waals surface area contributed by atoms with E-state index in [1.807, 2.05) is 0 Å². The first kappa shape index (κ1) is 15.7. The van der Waals surface area contributed by atoms with Crippen LogP contribution < -0.4 is 16.2 Å². The number of pyridine rings is 1. The van der Waals surface area contributed by atoms with Crippen molar-refractivity contribution in [3.8, 4) is 0 Å². The maximum absolute atomic E-state index is 13.2. The Morgan fingerprint density at radius 1 is 1.29 bits per heavy atom. The van der Waals surface area contributed by atoms with Crippen LogP contribution in [0.1, 0.15) is 28.0 Å². The Morgan fingerprint density at radius 2 is 1.86 bits per heavy atom. The maximum Gasteiger partial charge on any atom is 0.420 e. The molecule has 0 aromatic carbocycles. The number of aryl methyl sites for hydroxylation is 2. The van der Waals surface area contributed by atoms with Gasteiger partial charge in [0.15, 0.2) is 11.4 Å². The van der Waals surface area contributed by atoms with Crippen molar-refractivity contribution in [3.05, 3.63) is 33.2 Å². The molecule has 8 heteroatoms. The van der Waals surface area contributed by atoms with Crippen LogP contribution >= 0.6 is 0 Å². The van der Waals surface area contributed by atoms with E-state index >= 15 is 0 Å². The van der Waals surface area contributed by atoms with Crippen molar-refractivity contribution in [2.45, 2.75) is 32.1 Å². The Kier molecular flexibility index (Phi) is 3.94. The highest BCUT2D eigenvalue weighted by molar-refractivity contribution is 5.97. The summed E-state index contributed by atoms with van der Waals surface area (Å²) in [5.74, 6) is -0.840. The van der Waals surface area contributed by atoms with E-state index in [0.29, 0.717) is 11.3 Å². The Balaban J connectivity index is 2.36. The quantitative estimate of drug-likeness (QED) is 0.729. The molecular weight excluding hydrogens is 287 g/mol. The first-order chi connectivity index (χ1) is 9.66. The second kappa shape index (κ2) is 5.27. The molecule has 0 aliphatic carbocycles. The molecule has 1 fully saturated rings. The molecule has 1 saturated heterocycles. The summed E-state index contributed by atoms with van der Waals surface area (Å²) in [6.07, 6.45) is -5.49. The average Bonchev–Trinajstić information content (AvgIpc) is 2.76. The fourth-order valence-corrected chi connectivity index (χ4v) is 2.57. The molecule has 2 heterocycles. The normalized spacial score (nSPS) is 18.0. The van der Waals surface area contributed by atoms with Crippen LogP contribution in [0, 0.1) is 13.8 Å². The standard InChI is InChI=1S/C13H16F3N3O2/c1-7-5-8(2)19-11(21)10(7)9(20)6-12(13(14,15)16)17-3-4-18-12/h5,17-18H,3-4,6H2,1-2H3,(H,19,21). The Morgan fingerprint density at radius 3 is 2.33 bits per heavy atom. The number of Topliss-reactive ketones (excluding diaryl/α,β-unsaturated/α-hetero) is 1. The minimum absolute atomic E-state index is 0.107. The van der Waals surface area contributed by atoms with E-state index in [4.69, 9.17) is 0 Å². The number of H-pyrrole nitrogens is 1. The molecule has 3 N–H and O–H groups in total. The van der Waals surface area contributed by atoms with Crippen molar-refractivity contribution in [1.29, 1.82) is 0 Å². The van der Waals surface area contributed by atoms with Gasteiger partial charge in [-0.3, -0.25) is 20.2 Å². The molecule has 1 aliphatic heterocycles. The van der Waals surface area contributed by atoms with Gasteiger partial charge in [-0.15, -0.1) is 0 Å². The molecule has 0 unspecified atom stereocenters. The predicted molar refractivity (Wildman–Crippen MR) is 70.3 cm³/mol. The van der Waals surface area contributed by atoms with Crippen LogP contribution in [-0.2, 0) is 0 Å². The number of carbonyl (C=O) groups excluding carboxylic acids is 1. The van der Waals surface area contributed by atoms with Crippen LogP contribution in [0.4, 0.5) is 13.2 Å². The lowest BCUT2D eigenvalue weighted by Gasteiger charge is -2.31. The topological polar surface area (TPSA) is 74.0 Å². The van der Waals surface area contributed by atoms with Gasteiger partial charge in [0.25, 0.3) is 5.56 Å². The molecule has 0 bridgehead atoms. The number of nitrogens with one attached hydrogen (secondary N) is 3. The molecule has 116 valence electrons. The monoisotopic (exact) mass is 303 g/mol. The fourth-order valence-electron chi connectivity index (χ4n) is 2.57. The number of alkyl halides is 3. The molecule has 0 radical (unpaired) electrons. The van der Waals surface area contributed by atoms with Crippen LogP contribution in [0.15, 0.2) is 10.9 Å². The number of ketones is 1. The Hall–Kier alpha value is -1.67. The third-order valence-electron chi connectivity index (χ3n) is 3.53. The number of hydrogen-bond donors (Lipinski definition) is 3. The summed E-state index contributed by atoms with van der Waals surface area (Å²) in [4.78, 5) is 26.5. The van der Waals surface area contributed by atoms with Gasteiger partial charge in [0.2, 0.25) is 0 Å². The molecule has 0 saturated carbocycles. The van der Waals surface area contributed by atoms with E-state index in [0.717, 1.165) is 0 Å². The highest BCUT2D eigenvalue weighted by Crippen LogP contribution is 2.33. The van der Waals surface area contributed by atoms with Crippen LogP contribution in [0.2, 0.25) is 0 Å². The summed E-state index contributed by atoms with van der Waals surface area (Å²) >= 11 is 0. The van der Waals surface area contributed by atoms with Crippen LogP contribution in [-0.4, -0.2) is 35.7 Å². The number of aromatic nitrogens is 1. The molecule has 0 atom stereocenters. The summed E-state index contributed by atoms with van der Waals surface area (Å²) in [7, 11) is 0. The third-order valence-corrected chi connectivity index (χ3v) is 3.53. The number of halogens is 3. The lowest BCUT2D eigenvalue weighted by Crippen LogP contribution is -2.61. The number of hydrogen-bond acceptors (Lipinski definition) is 4. The van der Waals surface area contributed by atoms with Crippen molar-refractivity contribution in [2.24, 2.45) is 0 Å². The summed E-state index contributed by atoms with van der Waals surface area (Å²) in [5, 5.41) is 4.58. The number of rotatable bonds is 3. The lowest BCUT2D eigenvalue weighted by molar-refractivity contribution is -0.198. The van der Waals surface area contributed by atoms with Gasteiger partial charge in [-0.1, -0.05) is 0 Å². The molecule has 1 aliphatic rings. The van der Waals surface area contributed by atoms with Gasteiger partial charge in [0, 0.05) is 18.8 Å². The minimum Gasteiger partial charge on any atom is -0.326 e. The highest BCUT2D eigenvalue weighted by Gasteiger charge is 2.57. The van der Waals surface area contributed by atoms with Gasteiger partial charge in [-0.2, -0.15) is 13.2 Å². The number of carbonyl (C=O) groups is 1. The van der Waals surface area contributed by atoms with E-state index in [9.17, 15) is 22.8 Å². The zero-order valence-electron chi connectivity index (χ0n) is 11.6. The summed E-state index contributed by atoms with van der Waals surface area (Å²) < 4.78 is 39.6. The van der Waals surface area contributed by atoms with Crippen molar-refractivity contribution >= 4 is 5.78 Å². The van der Waals surface area contributed by atoms with Crippen LogP contribution in [0.25, 0.3) is 0 Å². The lowest BCUT2D eigenvalue weighted by atomic mass is 9.96. The average molecular weight is 303 g/mol. The zero-order chi connectivity index (χ0) is 15.8. The van der Waals surface area contributed by atoms with Gasteiger partial charge in [-0.05, 0) is 25.5 Å². The first-order valence-electron chi connectivity index (χ1n) is 6.47. The number of aromatic amines is 1. The summed E-state index contributed by atoms with van der Waals surface area (Å²) in [6, 6.07) is 1.56. The fraction of sp³-hybridized carbons (Fsp3) is 0.538. The second-order valence-electron chi connectivity index (χ2n) is 5.20. The van der Waals surface area contributed by atoms with Gasteiger partial charge in [0.05, 0.1) is 12.0 Å². The van der Waals surface area contributed by atoms with E-state index < -0.39 is 29.6 Å². The molecule has 21 heavy (non-hydrogen) atoms. The molecular formula is C13H16F3N3O2. The summed E-state index contributed by atoms with van der Waals surface area (Å²) in [6.45, 7) is 3.39. The maximum atomic E-state index is 13.2. The van der Waals surface area contributed by atoms with E-state index in [2.05, 4.69) is 15.6 Å². The predicted octanol–water partition coefficient (Wildman–Crippen LogP) is 1.02. The van der Waals surface area contributed by atoms with Gasteiger partial charge < -0.3 is 4.98 Å². The SMILES string of the molecule is Cc1cc(C)c(C(=O)CC2(C(F)(F)F)NCCN2)c(=O)[nH]1. The molecule has 2 rings (SSSR count). The van der Waals surface area contributed by atoms with Crippen molar-refractivity contribution < 1.29 is 18.0 Å². The molecule has 1 aromatic heterocycles. The van der Waals surface area contributed by atoms with Gasteiger partial charge in [-0.25, -0.2) is 0 Å². The first-order valence-corrected chi connectivity index (χ1v) is 6.47. The molecule has 1 aromatic rings. The zero-order valence-corrected chi connectivity index (χ0v) is 11.6. The van der Waals surface area contributed by atoms with Crippen molar-refractivity contribution in [2.75, 3.05) is 13.1 Å². The van der Waals surface area contributed by atoms with E-state index in [1.165, 1.54) is 6.92 Å². The van der Waals surface area contributed by atoms with Crippen molar-refractivity contribution in [3.63, 3.8) is 0 Å². The largest absolute Gasteiger partial charge is 0.420 e. The summed E-state index contributed by atoms with van der Waals surface area (Å²) in [5.41, 5.74) is -2.42. The Bertz CT molecular complexity index is 616. The van der Waals surface area contributed by atoms with Gasteiger partial charge >= 0.3 is 6.18 Å². The smallest absolute Gasteiger partial charge is 0.326 e. The molecule has 0 amide bonds. The third kappa shape index (κ3) is 2.86.